The summed E-state index contributed by atoms with van der Waals surface area (Å²) in [6, 6.07) is 122. The van der Waals surface area contributed by atoms with Gasteiger partial charge in [0.2, 0.25) is 0 Å². The van der Waals surface area contributed by atoms with Crippen LogP contribution in [0.15, 0.2) is 332 Å². The number of furan rings is 1. The molecule has 0 saturated heterocycles. The van der Waals surface area contributed by atoms with Crippen LogP contribution in [0, 0.1) is 47.3 Å². The second-order valence-electron chi connectivity index (χ2n) is 32.3. The van der Waals surface area contributed by atoms with Crippen LogP contribution in [0.4, 0.5) is 34.1 Å². The maximum atomic E-state index is 6.38. The lowest BCUT2D eigenvalue weighted by Gasteiger charge is -2.61. The molecule has 0 radical (unpaired) electrons. The highest BCUT2D eigenvalue weighted by Crippen LogP contribution is 2.71. The number of anilines is 6. The quantitative estimate of drug-likeness (QED) is 0.136. The molecule has 2 spiro atoms. The van der Waals surface area contributed by atoms with Gasteiger partial charge in [0.1, 0.15) is 11.2 Å². The zero-order valence-electron chi connectivity index (χ0n) is 59.2. The predicted octanol–water partition coefficient (Wildman–Crippen LogP) is 27.5. The molecule has 15 aromatic rings. The number of benzene rings is 14. The number of para-hydroxylation sites is 1. The monoisotopic (exact) mass is 1350 g/mol. The van der Waals surface area contributed by atoms with E-state index in [9.17, 15) is 0 Å². The summed E-state index contributed by atoms with van der Waals surface area (Å²) in [5.41, 5.74) is 31.4. The standard InChI is InChI=1S/C52H41NO.C50H41N/c1-2-8-35(9-3-1)36-14-19-41(20-15-36)53(43-23-24-46-45-11-5-7-13-50(45)54-51(46)32-43)42-21-16-37(17-22-42)38-18-25-49-47(31-38)44-10-4-6-12-48(44)52(49)39-27-33-26-34(29-39)30-40(52)28-33;1-2-9-35(10-3-1)36-17-22-42(23-18-36)51(49-16-8-12-38-11-4-5-13-44(38)49)43-24-19-37(20-25-43)39-21-26-48-46(32-39)45-14-6-7-15-47(45)50(48)40-28-33-27-34(30-40)31-41(50)29-33/h1-25,31-34,39-40H,26-30H2;1-26,32-34,40-41H,27-31H2. The molecule has 1 aromatic heterocycles. The zero-order valence-corrected chi connectivity index (χ0v) is 59.2. The molecular weight excluding hydrogens is 1270 g/mol. The van der Waals surface area contributed by atoms with Gasteiger partial charge in [-0.15, -0.1) is 0 Å². The van der Waals surface area contributed by atoms with E-state index in [1.54, 1.807) is 22.3 Å². The lowest BCUT2D eigenvalue weighted by atomic mass is 9.43. The largest absolute Gasteiger partial charge is 0.456 e. The van der Waals surface area contributed by atoms with Gasteiger partial charge in [-0.25, -0.2) is 0 Å². The third-order valence-corrected chi connectivity index (χ3v) is 27.1. The first-order valence-corrected chi connectivity index (χ1v) is 38.9. The van der Waals surface area contributed by atoms with Crippen LogP contribution in [0.1, 0.15) is 86.5 Å². The van der Waals surface area contributed by atoms with Gasteiger partial charge in [0.25, 0.3) is 0 Å². The average molecular weight is 1350 g/mol. The second-order valence-corrected chi connectivity index (χ2v) is 32.3. The summed E-state index contributed by atoms with van der Waals surface area (Å²) < 4.78 is 6.38. The van der Waals surface area contributed by atoms with E-state index in [0.717, 1.165) is 97.7 Å². The minimum atomic E-state index is 0.208. The molecule has 25 rings (SSSR count). The Labute approximate surface area is 616 Å². The highest BCUT2D eigenvalue weighted by atomic mass is 16.3. The van der Waals surface area contributed by atoms with E-state index in [-0.39, 0.29) is 10.8 Å². The molecule has 0 atom stereocenters. The van der Waals surface area contributed by atoms with Crippen molar-refractivity contribution in [3.8, 4) is 66.8 Å². The molecule has 3 heteroatoms. The zero-order chi connectivity index (χ0) is 68.9. The lowest BCUT2D eigenvalue weighted by molar-refractivity contribution is -0.0399. The summed E-state index contributed by atoms with van der Waals surface area (Å²) in [5.74, 6) is 6.99. The Hall–Kier alpha value is -11.3. The Morgan fingerprint density at radius 3 is 1.07 bits per heavy atom. The first-order valence-electron chi connectivity index (χ1n) is 38.9. The van der Waals surface area contributed by atoms with Gasteiger partial charge in [0.15, 0.2) is 0 Å². The Morgan fingerprint density at radius 1 is 0.229 bits per heavy atom. The summed E-state index contributed by atoms with van der Waals surface area (Å²) in [6.07, 6.45) is 14.3. The minimum absolute atomic E-state index is 0.208. The number of hydrogen-bond acceptors (Lipinski definition) is 3. The van der Waals surface area contributed by atoms with Crippen LogP contribution >= 0.6 is 0 Å². The molecule has 8 saturated carbocycles. The number of fused-ring (bicyclic) bond motifs is 10. The third-order valence-electron chi connectivity index (χ3n) is 27.1. The van der Waals surface area contributed by atoms with Gasteiger partial charge in [0, 0.05) is 61.5 Å². The number of hydrogen-bond donors (Lipinski definition) is 0. The van der Waals surface area contributed by atoms with E-state index in [1.165, 1.54) is 147 Å². The van der Waals surface area contributed by atoms with E-state index in [2.05, 4.69) is 325 Å². The molecule has 0 unspecified atom stereocenters. The van der Waals surface area contributed by atoms with Crippen LogP contribution in [-0.2, 0) is 10.8 Å². The van der Waals surface area contributed by atoms with Gasteiger partial charge in [-0.2, -0.15) is 0 Å². The van der Waals surface area contributed by atoms with Crippen molar-refractivity contribution in [2.75, 3.05) is 9.80 Å². The predicted molar refractivity (Wildman–Crippen MR) is 435 cm³/mol. The van der Waals surface area contributed by atoms with Crippen molar-refractivity contribution in [2.24, 2.45) is 47.3 Å². The number of rotatable bonds is 10. The van der Waals surface area contributed by atoms with Crippen molar-refractivity contribution < 1.29 is 4.42 Å². The molecule has 1 heterocycles. The minimum Gasteiger partial charge on any atom is -0.456 e. The molecule has 0 aliphatic heterocycles. The van der Waals surface area contributed by atoms with Crippen LogP contribution in [0.3, 0.4) is 0 Å². The van der Waals surface area contributed by atoms with Crippen LogP contribution in [0.5, 0.6) is 0 Å². The average Bonchev–Trinajstić information content (AvgIpc) is 1.57. The molecular formula is C102H82N2O. The SMILES string of the molecule is c1ccc(-c2ccc(N(c3ccc(-c4ccc5c(c4)-c4ccccc4C54C5CC6CC(C5)CC4C6)cc3)c3ccc4c(c3)oc3ccccc34)cc2)cc1.c1ccc(-c2ccc(N(c3ccc(-c4ccc5c(c4)-c4ccccc4C54C5CC6CC(C5)CC4C6)cc3)c3cccc4ccccc34)cc2)cc1. The molecule has 105 heavy (non-hydrogen) atoms. The van der Waals surface area contributed by atoms with Crippen LogP contribution < -0.4 is 9.80 Å². The maximum Gasteiger partial charge on any atom is 0.137 e. The highest BCUT2D eigenvalue weighted by molar-refractivity contribution is 6.06. The van der Waals surface area contributed by atoms with E-state index in [1.807, 2.05) is 12.1 Å². The van der Waals surface area contributed by atoms with Crippen LogP contribution in [-0.4, -0.2) is 0 Å². The molecule has 10 aliphatic carbocycles. The summed E-state index contributed by atoms with van der Waals surface area (Å²) >= 11 is 0. The first-order chi connectivity index (χ1) is 51.9. The van der Waals surface area contributed by atoms with Crippen molar-refractivity contribution in [3.05, 3.63) is 350 Å². The fourth-order valence-electron chi connectivity index (χ4n) is 23.3. The van der Waals surface area contributed by atoms with Gasteiger partial charge in [-0.3, -0.25) is 0 Å². The van der Waals surface area contributed by atoms with Gasteiger partial charge < -0.3 is 14.2 Å². The number of nitrogens with zero attached hydrogens (tertiary/aromatic N) is 2. The summed E-state index contributed by atoms with van der Waals surface area (Å²) in [7, 11) is 0. The molecule has 3 nitrogen and oxygen atoms in total. The van der Waals surface area contributed by atoms with Crippen molar-refractivity contribution >= 4 is 66.8 Å². The fourth-order valence-corrected chi connectivity index (χ4v) is 23.3. The Balaban J connectivity index is 0.000000132. The third kappa shape index (κ3) is 9.62. The molecule has 506 valence electrons. The molecule has 8 fully saturated rings. The molecule has 8 bridgehead atoms. The smallest absolute Gasteiger partial charge is 0.137 e. The molecule has 0 amide bonds. The Kier molecular flexibility index (Phi) is 14.1. The summed E-state index contributed by atoms with van der Waals surface area (Å²) in [4.78, 5) is 4.76. The lowest BCUT2D eigenvalue weighted by Crippen LogP contribution is -2.55. The van der Waals surface area contributed by atoms with Gasteiger partial charge >= 0.3 is 0 Å². The Bertz CT molecular complexity index is 5810. The molecule has 0 N–H and O–H groups in total. The Morgan fingerprint density at radius 2 is 0.581 bits per heavy atom. The van der Waals surface area contributed by atoms with E-state index < -0.39 is 0 Å². The van der Waals surface area contributed by atoms with Crippen molar-refractivity contribution in [2.45, 2.75) is 75.0 Å². The second kappa shape index (κ2) is 24.2. The maximum absolute atomic E-state index is 6.38. The van der Waals surface area contributed by atoms with Crippen molar-refractivity contribution in [3.63, 3.8) is 0 Å². The van der Waals surface area contributed by atoms with E-state index in [0.29, 0.717) is 0 Å². The van der Waals surface area contributed by atoms with Gasteiger partial charge in [0.05, 0.1) is 5.69 Å². The van der Waals surface area contributed by atoms with Gasteiger partial charge in [-0.1, -0.05) is 237 Å². The van der Waals surface area contributed by atoms with Crippen molar-refractivity contribution in [1.82, 2.24) is 0 Å². The summed E-state index contributed by atoms with van der Waals surface area (Å²) in [5, 5.41) is 4.77. The van der Waals surface area contributed by atoms with E-state index >= 15 is 0 Å². The highest BCUT2D eigenvalue weighted by Gasteiger charge is 2.63. The van der Waals surface area contributed by atoms with Crippen molar-refractivity contribution in [1.29, 1.82) is 0 Å². The molecule has 10 aliphatic rings. The topological polar surface area (TPSA) is 19.6 Å². The van der Waals surface area contributed by atoms with Crippen LogP contribution in [0.2, 0.25) is 0 Å². The molecule has 14 aromatic carbocycles. The first kappa shape index (κ1) is 61.2. The normalized spacial score (nSPS) is 23.5. The summed E-state index contributed by atoms with van der Waals surface area (Å²) in [6.45, 7) is 0. The van der Waals surface area contributed by atoms with Crippen LogP contribution in [0.25, 0.3) is 99.5 Å². The van der Waals surface area contributed by atoms with E-state index in [4.69, 9.17) is 4.42 Å². The van der Waals surface area contributed by atoms with Gasteiger partial charge in [-0.05, 0) is 291 Å². The fraction of sp³-hybridized carbons (Fsp3) is 0.196.